The number of aromatic nitrogens is 1. The third-order valence-corrected chi connectivity index (χ3v) is 3.17. The second kappa shape index (κ2) is 4.17. The molecule has 0 saturated heterocycles. The van der Waals surface area contributed by atoms with E-state index >= 15 is 0 Å². The first-order valence-electron chi connectivity index (χ1n) is 4.34. The van der Waals surface area contributed by atoms with Crippen LogP contribution in [0.5, 0.6) is 0 Å². The second-order valence-corrected chi connectivity index (χ2v) is 4.26. The number of nitrogens with zero attached hydrogens (tertiary/aromatic N) is 1. The molecule has 2 aromatic rings. The zero-order chi connectivity index (χ0) is 11.9. The zero-order valence-electron chi connectivity index (χ0n) is 7.88. The van der Waals surface area contributed by atoms with Crippen molar-refractivity contribution >= 4 is 51.8 Å². The predicted octanol–water partition coefficient (Wildman–Crippen LogP) is 4.21. The van der Waals surface area contributed by atoms with Crippen LogP contribution in [0.15, 0.2) is 18.2 Å². The summed E-state index contributed by atoms with van der Waals surface area (Å²) >= 11 is 17.6. The standard InChI is InChI=1S/C10H6Cl3NO2/c11-4-5-3-6-7(12)1-2-8(13)9(6)14(5)10(15)16/h1-3H,4H2,(H,15,16). The Hall–Kier alpha value is -0.900. The number of carboxylic acid groups (broad SMARTS) is 1. The number of carbonyl (C=O) groups is 1. The fourth-order valence-corrected chi connectivity index (χ4v) is 2.27. The van der Waals surface area contributed by atoms with Crippen LogP contribution in [-0.2, 0) is 5.88 Å². The first-order valence-corrected chi connectivity index (χ1v) is 5.63. The van der Waals surface area contributed by atoms with Crippen LogP contribution in [-0.4, -0.2) is 15.8 Å². The number of halogens is 3. The molecular formula is C10H6Cl3NO2. The molecule has 6 heteroatoms. The van der Waals surface area contributed by atoms with Crippen LogP contribution in [0.4, 0.5) is 4.79 Å². The van der Waals surface area contributed by atoms with E-state index in [1.165, 1.54) is 0 Å². The molecule has 1 N–H and O–H groups in total. The molecule has 0 bridgehead atoms. The summed E-state index contributed by atoms with van der Waals surface area (Å²) in [6.45, 7) is 0. The summed E-state index contributed by atoms with van der Waals surface area (Å²) in [6.07, 6.45) is -1.13. The molecule has 0 saturated carbocycles. The molecule has 0 fully saturated rings. The largest absolute Gasteiger partial charge is 0.464 e. The number of benzene rings is 1. The van der Waals surface area contributed by atoms with Gasteiger partial charge < -0.3 is 5.11 Å². The van der Waals surface area contributed by atoms with Gasteiger partial charge in [-0.1, -0.05) is 23.2 Å². The molecule has 3 nitrogen and oxygen atoms in total. The van der Waals surface area contributed by atoms with Crippen molar-refractivity contribution in [1.29, 1.82) is 0 Å². The molecule has 0 amide bonds. The lowest BCUT2D eigenvalue weighted by Crippen LogP contribution is -2.10. The minimum Gasteiger partial charge on any atom is -0.464 e. The zero-order valence-corrected chi connectivity index (χ0v) is 10.1. The Labute approximate surface area is 106 Å². The summed E-state index contributed by atoms with van der Waals surface area (Å²) < 4.78 is 1.05. The maximum atomic E-state index is 11.1. The van der Waals surface area contributed by atoms with E-state index in [-0.39, 0.29) is 5.88 Å². The molecule has 0 aliphatic rings. The monoisotopic (exact) mass is 277 g/mol. The van der Waals surface area contributed by atoms with Crippen LogP contribution >= 0.6 is 34.8 Å². The van der Waals surface area contributed by atoms with Crippen molar-refractivity contribution in [2.45, 2.75) is 5.88 Å². The molecule has 1 aromatic heterocycles. The average molecular weight is 279 g/mol. The van der Waals surface area contributed by atoms with Gasteiger partial charge in [-0.25, -0.2) is 9.36 Å². The van der Waals surface area contributed by atoms with Crippen LogP contribution in [0.25, 0.3) is 10.9 Å². The summed E-state index contributed by atoms with van der Waals surface area (Å²) in [6, 6.07) is 4.81. The van der Waals surface area contributed by atoms with E-state index in [2.05, 4.69) is 0 Å². The van der Waals surface area contributed by atoms with Crippen molar-refractivity contribution in [1.82, 2.24) is 4.57 Å². The molecule has 0 atom stereocenters. The van der Waals surface area contributed by atoms with Gasteiger partial charge in [0, 0.05) is 11.1 Å². The number of hydrogen-bond donors (Lipinski definition) is 1. The smallest absolute Gasteiger partial charge is 0.416 e. The first-order chi connectivity index (χ1) is 7.56. The van der Waals surface area contributed by atoms with Crippen molar-refractivity contribution in [2.75, 3.05) is 0 Å². The Kier molecular flexibility index (Phi) is 3.02. The quantitative estimate of drug-likeness (QED) is 0.794. The minimum absolute atomic E-state index is 0.0770. The van der Waals surface area contributed by atoms with Gasteiger partial charge in [-0.05, 0) is 18.2 Å². The topological polar surface area (TPSA) is 42.2 Å². The van der Waals surface area contributed by atoms with E-state index in [0.717, 1.165) is 4.57 Å². The summed E-state index contributed by atoms with van der Waals surface area (Å²) in [7, 11) is 0. The van der Waals surface area contributed by atoms with E-state index < -0.39 is 6.09 Å². The fourth-order valence-electron chi connectivity index (χ4n) is 1.61. The van der Waals surface area contributed by atoms with E-state index in [9.17, 15) is 4.79 Å². The number of alkyl halides is 1. The lowest BCUT2D eigenvalue weighted by atomic mass is 10.2. The van der Waals surface area contributed by atoms with Gasteiger partial charge in [0.25, 0.3) is 0 Å². The van der Waals surface area contributed by atoms with Crippen LogP contribution in [0.1, 0.15) is 5.69 Å². The van der Waals surface area contributed by atoms with E-state index in [1.807, 2.05) is 0 Å². The van der Waals surface area contributed by atoms with Gasteiger partial charge >= 0.3 is 6.09 Å². The maximum Gasteiger partial charge on any atom is 0.416 e. The fraction of sp³-hybridized carbons (Fsp3) is 0.100. The summed E-state index contributed by atoms with van der Waals surface area (Å²) in [5, 5.41) is 10.5. The third kappa shape index (κ3) is 1.65. The highest BCUT2D eigenvalue weighted by atomic mass is 35.5. The second-order valence-electron chi connectivity index (χ2n) is 3.18. The predicted molar refractivity (Wildman–Crippen MR) is 64.9 cm³/mol. The Morgan fingerprint density at radius 3 is 2.50 bits per heavy atom. The van der Waals surface area contributed by atoms with Crippen LogP contribution < -0.4 is 0 Å². The van der Waals surface area contributed by atoms with E-state index in [0.29, 0.717) is 26.6 Å². The number of hydrogen-bond acceptors (Lipinski definition) is 1. The van der Waals surface area contributed by atoms with Gasteiger partial charge in [0.1, 0.15) is 0 Å². The Morgan fingerprint density at radius 2 is 1.94 bits per heavy atom. The average Bonchev–Trinajstić information content (AvgIpc) is 2.64. The van der Waals surface area contributed by atoms with Crippen molar-refractivity contribution in [3.63, 3.8) is 0 Å². The Bertz CT molecular complexity index is 577. The lowest BCUT2D eigenvalue weighted by Gasteiger charge is -2.03. The SMILES string of the molecule is O=C(O)n1c(CCl)cc2c(Cl)ccc(Cl)c21. The summed E-state index contributed by atoms with van der Waals surface area (Å²) in [4.78, 5) is 11.1. The first kappa shape index (κ1) is 11.6. The molecule has 0 spiro atoms. The highest BCUT2D eigenvalue weighted by molar-refractivity contribution is 6.40. The Morgan fingerprint density at radius 1 is 1.31 bits per heavy atom. The lowest BCUT2D eigenvalue weighted by molar-refractivity contribution is 0.197. The number of fused-ring (bicyclic) bond motifs is 1. The Balaban J connectivity index is 2.94. The van der Waals surface area contributed by atoms with E-state index in [1.54, 1.807) is 18.2 Å². The van der Waals surface area contributed by atoms with Crippen LogP contribution in [0.2, 0.25) is 10.0 Å². The van der Waals surface area contributed by atoms with Crippen molar-refractivity contribution in [3.05, 3.63) is 33.9 Å². The summed E-state index contributed by atoms with van der Waals surface area (Å²) in [5.74, 6) is 0.0770. The molecule has 0 unspecified atom stereocenters. The molecular weight excluding hydrogens is 272 g/mol. The molecule has 0 radical (unpaired) electrons. The maximum absolute atomic E-state index is 11.1. The van der Waals surface area contributed by atoms with Gasteiger partial charge in [0.05, 0.1) is 21.4 Å². The third-order valence-electron chi connectivity index (χ3n) is 2.26. The van der Waals surface area contributed by atoms with Gasteiger partial charge in [-0.15, -0.1) is 11.6 Å². The highest BCUT2D eigenvalue weighted by Crippen LogP contribution is 2.33. The van der Waals surface area contributed by atoms with Gasteiger partial charge in [-0.2, -0.15) is 0 Å². The molecule has 1 aromatic carbocycles. The van der Waals surface area contributed by atoms with Gasteiger partial charge in [0.15, 0.2) is 0 Å². The molecule has 0 aliphatic carbocycles. The molecule has 0 aliphatic heterocycles. The molecule has 84 valence electrons. The summed E-state index contributed by atoms with van der Waals surface area (Å²) in [5.41, 5.74) is 0.816. The highest BCUT2D eigenvalue weighted by Gasteiger charge is 2.17. The van der Waals surface area contributed by atoms with Gasteiger partial charge in [0.2, 0.25) is 0 Å². The molecule has 16 heavy (non-hydrogen) atoms. The normalized spacial score (nSPS) is 10.9. The van der Waals surface area contributed by atoms with Crippen LogP contribution in [0, 0.1) is 0 Å². The van der Waals surface area contributed by atoms with Crippen molar-refractivity contribution < 1.29 is 9.90 Å². The van der Waals surface area contributed by atoms with Gasteiger partial charge in [-0.3, -0.25) is 0 Å². The van der Waals surface area contributed by atoms with Crippen LogP contribution in [0.3, 0.4) is 0 Å². The number of rotatable bonds is 1. The minimum atomic E-state index is -1.13. The van der Waals surface area contributed by atoms with Crippen molar-refractivity contribution in [2.24, 2.45) is 0 Å². The molecule has 2 rings (SSSR count). The van der Waals surface area contributed by atoms with E-state index in [4.69, 9.17) is 39.9 Å². The molecule has 1 heterocycles. The van der Waals surface area contributed by atoms with Crippen molar-refractivity contribution in [3.8, 4) is 0 Å².